The molecule has 66 valence electrons. The largest absolute Gasteiger partial charge is 0.374 e. The zero-order valence-electron chi connectivity index (χ0n) is 6.86. The van der Waals surface area contributed by atoms with Crippen molar-refractivity contribution in [2.75, 3.05) is 5.73 Å². The predicted molar refractivity (Wildman–Crippen MR) is 46.8 cm³/mol. The summed E-state index contributed by atoms with van der Waals surface area (Å²) in [6.45, 7) is 2.07. The first kappa shape index (κ1) is 7.94. The van der Waals surface area contributed by atoms with Gasteiger partial charge in [0, 0.05) is 11.5 Å². The zero-order valence-corrected chi connectivity index (χ0v) is 7.67. The Hall–Kier alpha value is -0.680. The lowest BCUT2D eigenvalue weighted by atomic mass is 10.2. The summed E-state index contributed by atoms with van der Waals surface area (Å²) < 4.78 is 9.70. The van der Waals surface area contributed by atoms with Crippen molar-refractivity contribution in [2.45, 2.75) is 32.0 Å². The molecule has 2 heterocycles. The molecule has 5 heteroatoms. The number of hydrogen-bond donors (Lipinski definition) is 1. The van der Waals surface area contributed by atoms with Gasteiger partial charge in [0.1, 0.15) is 6.10 Å². The first-order chi connectivity index (χ1) is 5.75. The average molecular weight is 185 g/mol. The monoisotopic (exact) mass is 185 g/mol. The highest BCUT2D eigenvalue weighted by Crippen LogP contribution is 2.31. The summed E-state index contributed by atoms with van der Waals surface area (Å²) in [5.41, 5.74) is 5.47. The van der Waals surface area contributed by atoms with Crippen LogP contribution in [0.15, 0.2) is 0 Å². The Labute approximate surface area is 74.9 Å². The fraction of sp³-hybridized carbons (Fsp3) is 0.714. The Morgan fingerprint density at radius 3 is 2.92 bits per heavy atom. The van der Waals surface area contributed by atoms with Gasteiger partial charge in [-0.25, -0.2) is 4.98 Å². The van der Waals surface area contributed by atoms with Gasteiger partial charge < -0.3 is 10.5 Å². The molecule has 1 aromatic rings. The zero-order chi connectivity index (χ0) is 8.55. The maximum absolute atomic E-state index is 5.59. The Kier molecular flexibility index (Phi) is 1.98. The van der Waals surface area contributed by atoms with Crippen LogP contribution >= 0.6 is 11.5 Å². The highest BCUT2D eigenvalue weighted by atomic mass is 32.1. The van der Waals surface area contributed by atoms with Crippen LogP contribution in [0.4, 0.5) is 5.13 Å². The fourth-order valence-corrected chi connectivity index (χ4v) is 1.85. The van der Waals surface area contributed by atoms with Gasteiger partial charge in [0.15, 0.2) is 11.0 Å². The number of hydrogen-bond acceptors (Lipinski definition) is 5. The van der Waals surface area contributed by atoms with E-state index in [0.717, 1.165) is 18.7 Å². The molecule has 0 saturated carbocycles. The number of aromatic nitrogens is 2. The molecule has 4 nitrogen and oxygen atoms in total. The van der Waals surface area contributed by atoms with Crippen molar-refractivity contribution in [3.05, 3.63) is 5.82 Å². The molecule has 0 spiro atoms. The van der Waals surface area contributed by atoms with Gasteiger partial charge in [-0.1, -0.05) is 0 Å². The van der Waals surface area contributed by atoms with Crippen molar-refractivity contribution in [1.29, 1.82) is 0 Å². The Morgan fingerprint density at radius 1 is 1.58 bits per heavy atom. The molecule has 0 aliphatic carbocycles. The van der Waals surface area contributed by atoms with Crippen LogP contribution in [0.2, 0.25) is 0 Å². The van der Waals surface area contributed by atoms with Gasteiger partial charge in [0.2, 0.25) is 0 Å². The van der Waals surface area contributed by atoms with Gasteiger partial charge >= 0.3 is 0 Å². The molecule has 0 aromatic carbocycles. The quantitative estimate of drug-likeness (QED) is 0.717. The fourth-order valence-electron chi connectivity index (χ4n) is 1.37. The molecule has 0 bridgehead atoms. The normalized spacial score (nSPS) is 29.4. The maximum Gasteiger partial charge on any atom is 0.200 e. The first-order valence-electron chi connectivity index (χ1n) is 4.00. The Balaban J connectivity index is 2.11. The van der Waals surface area contributed by atoms with Crippen LogP contribution in [0.25, 0.3) is 0 Å². The molecule has 1 aromatic heterocycles. The minimum atomic E-state index is 0.0774. The van der Waals surface area contributed by atoms with E-state index in [-0.39, 0.29) is 6.10 Å². The van der Waals surface area contributed by atoms with Gasteiger partial charge in [-0.05, 0) is 19.8 Å². The summed E-state index contributed by atoms with van der Waals surface area (Å²) in [5.74, 6) is 0.752. The second-order valence-electron chi connectivity index (χ2n) is 3.00. The van der Waals surface area contributed by atoms with E-state index in [9.17, 15) is 0 Å². The maximum atomic E-state index is 5.59. The summed E-state index contributed by atoms with van der Waals surface area (Å²) in [5, 5.41) is 0.521. The van der Waals surface area contributed by atoms with Crippen molar-refractivity contribution in [1.82, 2.24) is 9.36 Å². The van der Waals surface area contributed by atoms with Crippen LogP contribution < -0.4 is 5.73 Å². The standard InChI is InChI=1S/C7H11N3OS/c1-4-2-3-5(11-4)6-9-7(8)12-10-6/h4-5H,2-3H2,1H3,(H2,8,9,10). The van der Waals surface area contributed by atoms with E-state index in [1.165, 1.54) is 11.5 Å². The van der Waals surface area contributed by atoms with E-state index in [4.69, 9.17) is 10.5 Å². The summed E-state index contributed by atoms with van der Waals surface area (Å²) in [4.78, 5) is 4.09. The number of nitrogen functional groups attached to an aromatic ring is 1. The third-order valence-corrected chi connectivity index (χ3v) is 2.53. The molecule has 0 radical (unpaired) electrons. The van der Waals surface area contributed by atoms with E-state index in [0.29, 0.717) is 11.2 Å². The molecule has 0 amide bonds. The molecular weight excluding hydrogens is 174 g/mol. The van der Waals surface area contributed by atoms with Gasteiger partial charge in [-0.3, -0.25) is 0 Å². The summed E-state index contributed by atoms with van der Waals surface area (Å²) >= 11 is 1.23. The van der Waals surface area contributed by atoms with Crippen LogP contribution in [0.1, 0.15) is 31.7 Å². The van der Waals surface area contributed by atoms with Crippen molar-refractivity contribution < 1.29 is 4.74 Å². The smallest absolute Gasteiger partial charge is 0.200 e. The summed E-state index contributed by atoms with van der Waals surface area (Å²) in [7, 11) is 0. The molecule has 2 N–H and O–H groups in total. The van der Waals surface area contributed by atoms with Crippen LogP contribution in [0.3, 0.4) is 0 Å². The highest BCUT2D eigenvalue weighted by Gasteiger charge is 2.26. The predicted octanol–water partition coefficient (Wildman–Crippen LogP) is 1.36. The second-order valence-corrected chi connectivity index (χ2v) is 3.79. The lowest BCUT2D eigenvalue weighted by molar-refractivity contribution is 0.0511. The van der Waals surface area contributed by atoms with E-state index in [1.807, 2.05) is 0 Å². The van der Waals surface area contributed by atoms with E-state index in [2.05, 4.69) is 16.3 Å². The van der Waals surface area contributed by atoms with Crippen LogP contribution in [0, 0.1) is 0 Å². The first-order valence-corrected chi connectivity index (χ1v) is 4.77. The van der Waals surface area contributed by atoms with Crippen molar-refractivity contribution in [3.63, 3.8) is 0 Å². The summed E-state index contributed by atoms with van der Waals surface area (Å²) in [6.07, 6.45) is 2.51. The molecule has 2 unspecified atom stereocenters. The topological polar surface area (TPSA) is 61.0 Å². The Bertz CT molecular complexity index is 275. The molecule has 1 aliphatic heterocycles. The Morgan fingerprint density at radius 2 is 2.42 bits per heavy atom. The van der Waals surface area contributed by atoms with Gasteiger partial charge in [0.25, 0.3) is 0 Å². The molecule has 2 atom stereocenters. The van der Waals surface area contributed by atoms with Gasteiger partial charge in [0.05, 0.1) is 6.10 Å². The average Bonchev–Trinajstić information content (AvgIpc) is 2.58. The van der Waals surface area contributed by atoms with Crippen LogP contribution in [-0.2, 0) is 4.74 Å². The lowest BCUT2D eigenvalue weighted by Crippen LogP contribution is -2.02. The number of nitrogens with zero attached hydrogens (tertiary/aromatic N) is 2. The lowest BCUT2D eigenvalue weighted by Gasteiger charge is -2.05. The SMILES string of the molecule is CC1CCC(c2nsc(N)n2)O1. The van der Waals surface area contributed by atoms with Gasteiger partial charge in [-0.15, -0.1) is 0 Å². The molecule has 1 aliphatic rings. The van der Waals surface area contributed by atoms with Crippen molar-refractivity contribution in [3.8, 4) is 0 Å². The summed E-state index contributed by atoms with van der Waals surface area (Å²) in [6, 6.07) is 0. The third kappa shape index (κ3) is 1.42. The molecule has 12 heavy (non-hydrogen) atoms. The minimum Gasteiger partial charge on any atom is -0.374 e. The minimum absolute atomic E-state index is 0.0774. The third-order valence-electron chi connectivity index (χ3n) is 1.98. The number of ether oxygens (including phenoxy) is 1. The molecular formula is C7H11N3OS. The number of anilines is 1. The van der Waals surface area contributed by atoms with Crippen LogP contribution in [-0.4, -0.2) is 15.5 Å². The van der Waals surface area contributed by atoms with Crippen LogP contribution in [0.5, 0.6) is 0 Å². The van der Waals surface area contributed by atoms with E-state index < -0.39 is 0 Å². The molecule has 1 fully saturated rings. The van der Waals surface area contributed by atoms with Crippen molar-refractivity contribution >= 4 is 16.7 Å². The molecule has 1 saturated heterocycles. The second kappa shape index (κ2) is 2.99. The highest BCUT2D eigenvalue weighted by molar-refractivity contribution is 7.09. The number of nitrogens with two attached hydrogens (primary N) is 1. The van der Waals surface area contributed by atoms with Crippen molar-refractivity contribution in [2.24, 2.45) is 0 Å². The van der Waals surface area contributed by atoms with E-state index >= 15 is 0 Å². The van der Waals surface area contributed by atoms with E-state index in [1.54, 1.807) is 0 Å². The molecule has 2 rings (SSSR count). The number of rotatable bonds is 1. The van der Waals surface area contributed by atoms with Gasteiger partial charge in [-0.2, -0.15) is 4.37 Å².